The van der Waals surface area contributed by atoms with Gasteiger partial charge >= 0.3 is 6.18 Å². The fourth-order valence-corrected chi connectivity index (χ4v) is 6.10. The average Bonchev–Trinajstić information content (AvgIpc) is 3.68. The molecule has 184 valence electrons. The van der Waals surface area contributed by atoms with Gasteiger partial charge in [0.25, 0.3) is 5.91 Å². The number of hydrogen-bond acceptors (Lipinski definition) is 5. The lowest BCUT2D eigenvalue weighted by Crippen LogP contribution is -2.56. The molecule has 34 heavy (non-hydrogen) atoms. The summed E-state index contributed by atoms with van der Waals surface area (Å²) < 4.78 is 49.3. The van der Waals surface area contributed by atoms with Crippen LogP contribution < -0.4 is 5.48 Å². The summed E-state index contributed by atoms with van der Waals surface area (Å²) in [6.07, 6.45) is 0.0555. The molecule has 1 aromatic heterocycles. The summed E-state index contributed by atoms with van der Waals surface area (Å²) in [7, 11) is -1.66. The van der Waals surface area contributed by atoms with Crippen LogP contribution in [0, 0.1) is 0 Å². The molecule has 4 rings (SSSR count). The normalized spacial score (nSPS) is 19.5. The van der Waals surface area contributed by atoms with Crippen LogP contribution in [0.25, 0.3) is 11.3 Å². The van der Waals surface area contributed by atoms with Gasteiger partial charge in [0.1, 0.15) is 4.75 Å². The van der Waals surface area contributed by atoms with Crippen LogP contribution in [0.2, 0.25) is 0 Å². The fourth-order valence-electron chi connectivity index (χ4n) is 4.50. The minimum Gasteiger partial charge on any atom is -0.300 e. The lowest BCUT2D eigenvalue weighted by atomic mass is 9.94. The van der Waals surface area contributed by atoms with Gasteiger partial charge in [0.15, 0.2) is 0 Å². The van der Waals surface area contributed by atoms with Gasteiger partial charge in [-0.25, -0.2) is 5.48 Å². The topological polar surface area (TPSA) is 82.5 Å². The van der Waals surface area contributed by atoms with E-state index in [0.717, 1.165) is 24.0 Å². The summed E-state index contributed by atoms with van der Waals surface area (Å²) in [5.74, 6) is -0.617. The Morgan fingerprint density at radius 2 is 1.82 bits per heavy atom. The third-order valence-electron chi connectivity index (χ3n) is 6.65. The zero-order valence-corrected chi connectivity index (χ0v) is 19.5. The maximum absolute atomic E-state index is 13.5. The number of likely N-dealkylation sites (tertiary alicyclic amines) is 1. The van der Waals surface area contributed by atoms with Crippen LogP contribution >= 0.6 is 0 Å². The Kier molecular flexibility index (Phi) is 7.39. The molecule has 1 amide bonds. The summed E-state index contributed by atoms with van der Waals surface area (Å²) in [6.45, 7) is 1.34. The Morgan fingerprint density at radius 1 is 1.15 bits per heavy atom. The number of carbonyl (C=O) groups excluding carboxylic acids is 1. The second-order valence-corrected chi connectivity index (χ2v) is 10.8. The Bertz CT molecular complexity index is 1020. The molecule has 0 spiro atoms. The minimum atomic E-state index is -4.15. The van der Waals surface area contributed by atoms with Crippen molar-refractivity contribution in [2.45, 2.75) is 66.8 Å². The quantitative estimate of drug-likeness (QED) is 0.423. The molecular formula is C24H28F3N3O3S. The average molecular weight is 496 g/mol. The van der Waals surface area contributed by atoms with Crippen molar-refractivity contribution in [1.29, 1.82) is 0 Å². The van der Waals surface area contributed by atoms with Crippen molar-refractivity contribution in [3.63, 3.8) is 0 Å². The highest BCUT2D eigenvalue weighted by atomic mass is 32.2. The van der Waals surface area contributed by atoms with E-state index in [1.165, 1.54) is 0 Å². The first-order valence-electron chi connectivity index (χ1n) is 11.4. The number of rotatable bonds is 8. The maximum Gasteiger partial charge on any atom is 0.389 e. The van der Waals surface area contributed by atoms with Crippen molar-refractivity contribution < 1.29 is 27.4 Å². The number of halogens is 3. The van der Waals surface area contributed by atoms with Crippen molar-refractivity contribution in [3.8, 4) is 11.3 Å². The lowest BCUT2D eigenvalue weighted by Gasteiger charge is -2.39. The monoisotopic (exact) mass is 495 g/mol. The molecular weight excluding hydrogens is 467 g/mol. The molecule has 2 fully saturated rings. The standard InChI is InChI=1S/C24H28F3N3O3S/c25-24(26,27)11-1-2-17-3-10-21(28-16-17)18-4-8-20(9-5-18)34(33)23(22(31)29-32)12-14-30(15-13-23)19-6-7-19/h3-5,8-10,16,19,32H,1-2,6-7,11-15H2,(H,29,31). The van der Waals surface area contributed by atoms with Gasteiger partial charge in [-0.2, -0.15) is 13.2 Å². The van der Waals surface area contributed by atoms with E-state index in [-0.39, 0.29) is 6.42 Å². The molecule has 2 heterocycles. The first-order chi connectivity index (χ1) is 16.2. The van der Waals surface area contributed by atoms with Gasteiger partial charge in [0, 0.05) is 42.2 Å². The molecule has 1 atom stereocenters. The van der Waals surface area contributed by atoms with E-state index in [2.05, 4.69) is 9.88 Å². The molecule has 0 bridgehead atoms. The van der Waals surface area contributed by atoms with Gasteiger partial charge in [0.05, 0.1) is 16.5 Å². The summed E-state index contributed by atoms with van der Waals surface area (Å²) >= 11 is 0. The number of piperidine rings is 1. The number of nitrogens with one attached hydrogen (secondary N) is 1. The van der Waals surface area contributed by atoms with E-state index < -0.39 is 34.1 Å². The van der Waals surface area contributed by atoms with Crippen LogP contribution in [0.5, 0.6) is 0 Å². The van der Waals surface area contributed by atoms with Crippen LogP contribution in [0.3, 0.4) is 0 Å². The van der Waals surface area contributed by atoms with E-state index in [1.807, 2.05) is 0 Å². The number of aryl methyl sites for hydroxylation is 1. The van der Waals surface area contributed by atoms with Gasteiger partial charge < -0.3 is 4.90 Å². The van der Waals surface area contributed by atoms with E-state index >= 15 is 0 Å². The molecule has 6 nitrogen and oxygen atoms in total. The lowest BCUT2D eigenvalue weighted by molar-refractivity contribution is -0.135. The summed E-state index contributed by atoms with van der Waals surface area (Å²) in [6, 6.07) is 11.0. The molecule has 1 aliphatic heterocycles. The second-order valence-electron chi connectivity index (χ2n) is 9.02. The number of benzene rings is 1. The first kappa shape index (κ1) is 24.8. The molecule has 0 radical (unpaired) electrons. The van der Waals surface area contributed by atoms with Crippen molar-refractivity contribution in [1.82, 2.24) is 15.4 Å². The largest absolute Gasteiger partial charge is 0.389 e. The van der Waals surface area contributed by atoms with Gasteiger partial charge in [-0.1, -0.05) is 18.2 Å². The second kappa shape index (κ2) is 10.1. The highest BCUT2D eigenvalue weighted by molar-refractivity contribution is 7.87. The molecule has 1 saturated carbocycles. The van der Waals surface area contributed by atoms with Crippen LogP contribution in [-0.4, -0.2) is 55.3 Å². The van der Waals surface area contributed by atoms with Gasteiger partial charge in [0.2, 0.25) is 0 Å². The Morgan fingerprint density at radius 3 is 2.35 bits per heavy atom. The predicted octanol–water partition coefficient (Wildman–Crippen LogP) is 4.24. The van der Waals surface area contributed by atoms with E-state index in [4.69, 9.17) is 0 Å². The Hall–Kier alpha value is -2.30. The van der Waals surface area contributed by atoms with E-state index in [0.29, 0.717) is 49.0 Å². The van der Waals surface area contributed by atoms with Crippen molar-refractivity contribution >= 4 is 16.7 Å². The molecule has 1 unspecified atom stereocenters. The molecule has 2 aliphatic rings. The summed E-state index contributed by atoms with van der Waals surface area (Å²) in [4.78, 5) is 19.8. The SMILES string of the molecule is O=C(NO)C1(S(=O)c2ccc(-c3ccc(CCCC(F)(F)F)cn3)cc2)CCN(C2CC2)CC1. The van der Waals surface area contributed by atoms with Crippen LogP contribution in [0.1, 0.15) is 44.1 Å². The third kappa shape index (κ3) is 5.67. The van der Waals surface area contributed by atoms with Crippen molar-refractivity contribution in [2.75, 3.05) is 13.1 Å². The number of nitrogens with zero attached hydrogens (tertiary/aromatic N) is 2. The maximum atomic E-state index is 13.5. The highest BCUT2D eigenvalue weighted by Gasteiger charge is 2.49. The zero-order valence-electron chi connectivity index (χ0n) is 18.7. The molecule has 2 aromatic rings. The van der Waals surface area contributed by atoms with Crippen molar-refractivity contribution in [3.05, 3.63) is 48.2 Å². The third-order valence-corrected chi connectivity index (χ3v) is 8.66. The smallest absolute Gasteiger partial charge is 0.300 e. The fraction of sp³-hybridized carbons (Fsp3) is 0.500. The molecule has 2 N–H and O–H groups in total. The van der Waals surface area contributed by atoms with Crippen LogP contribution in [0.15, 0.2) is 47.5 Å². The number of alkyl halides is 3. The Labute approximate surface area is 199 Å². The number of hydroxylamine groups is 1. The molecule has 1 saturated heterocycles. The van der Waals surface area contributed by atoms with Crippen LogP contribution in [0.4, 0.5) is 13.2 Å². The first-order valence-corrected chi connectivity index (χ1v) is 12.6. The summed E-state index contributed by atoms with van der Waals surface area (Å²) in [5, 5.41) is 9.33. The number of carbonyl (C=O) groups is 1. The van der Waals surface area contributed by atoms with Crippen LogP contribution in [-0.2, 0) is 22.0 Å². The Balaban J connectivity index is 1.43. The van der Waals surface area contributed by atoms with E-state index in [9.17, 15) is 27.4 Å². The number of pyridine rings is 1. The minimum absolute atomic E-state index is 0.0205. The van der Waals surface area contributed by atoms with Gasteiger partial charge in [-0.15, -0.1) is 0 Å². The van der Waals surface area contributed by atoms with Crippen molar-refractivity contribution in [2.24, 2.45) is 0 Å². The van der Waals surface area contributed by atoms with Gasteiger partial charge in [-0.05, 0) is 62.3 Å². The van der Waals surface area contributed by atoms with E-state index in [1.54, 1.807) is 48.1 Å². The molecule has 10 heteroatoms. The zero-order chi connectivity index (χ0) is 24.3. The number of aromatic nitrogens is 1. The predicted molar refractivity (Wildman–Crippen MR) is 122 cm³/mol. The molecule has 1 aliphatic carbocycles. The molecule has 1 aromatic carbocycles. The number of amides is 1. The highest BCUT2D eigenvalue weighted by Crippen LogP contribution is 2.37. The summed E-state index contributed by atoms with van der Waals surface area (Å²) in [5.41, 5.74) is 3.89. The van der Waals surface area contributed by atoms with Gasteiger partial charge in [-0.3, -0.25) is 19.2 Å². The number of hydrogen-bond donors (Lipinski definition) is 2.